The van der Waals surface area contributed by atoms with Gasteiger partial charge in [0.25, 0.3) is 0 Å². The van der Waals surface area contributed by atoms with Crippen LogP contribution in [-0.4, -0.2) is 24.7 Å². The molecule has 3 N–H and O–H groups in total. The summed E-state index contributed by atoms with van der Waals surface area (Å²) in [5.74, 6) is 1.24. The molecule has 7 heteroatoms. The Bertz CT molecular complexity index is 740. The van der Waals surface area contributed by atoms with Gasteiger partial charge in [0.1, 0.15) is 0 Å². The molecule has 0 spiro atoms. The van der Waals surface area contributed by atoms with E-state index in [1.165, 1.54) is 7.11 Å². The summed E-state index contributed by atoms with van der Waals surface area (Å²) >= 11 is 6.26. The lowest BCUT2D eigenvalue weighted by Crippen LogP contribution is -2.38. The number of phenolic OH excluding ortho intramolecular Hbond substituents is 1. The molecule has 0 aromatic heterocycles. The number of guanidine groups is 1. The van der Waals surface area contributed by atoms with Crippen LogP contribution in [-0.2, 0) is 6.54 Å². The second-order valence-electron chi connectivity index (χ2n) is 5.59. The molecule has 0 aliphatic rings. The summed E-state index contributed by atoms with van der Waals surface area (Å²) in [6.07, 6.45) is 0. The van der Waals surface area contributed by atoms with Crippen molar-refractivity contribution in [3.05, 3.63) is 58.6 Å². The predicted molar refractivity (Wildman–Crippen MR) is 118 cm³/mol. The quantitative estimate of drug-likeness (QED) is 0.318. The summed E-state index contributed by atoms with van der Waals surface area (Å²) in [5, 5.41) is 17.2. The van der Waals surface area contributed by atoms with Crippen molar-refractivity contribution >= 4 is 41.5 Å². The fourth-order valence-electron chi connectivity index (χ4n) is 2.43. The minimum absolute atomic E-state index is 0. The normalized spacial score (nSPS) is 12.1. The lowest BCUT2D eigenvalue weighted by atomic mass is 10.1. The van der Waals surface area contributed by atoms with E-state index < -0.39 is 0 Å². The molecule has 0 aliphatic carbocycles. The van der Waals surface area contributed by atoms with E-state index in [0.717, 1.165) is 22.7 Å². The molecular formula is C19H25ClIN3O2. The van der Waals surface area contributed by atoms with Gasteiger partial charge < -0.3 is 20.5 Å². The van der Waals surface area contributed by atoms with Crippen molar-refractivity contribution in [2.24, 2.45) is 4.99 Å². The fourth-order valence-corrected chi connectivity index (χ4v) is 2.73. The van der Waals surface area contributed by atoms with Crippen LogP contribution in [0.3, 0.4) is 0 Å². The number of ether oxygens (including phenoxy) is 1. The minimum Gasteiger partial charge on any atom is -0.504 e. The highest BCUT2D eigenvalue weighted by Gasteiger charge is 2.11. The van der Waals surface area contributed by atoms with Crippen molar-refractivity contribution in [2.75, 3.05) is 13.7 Å². The van der Waals surface area contributed by atoms with Crippen LogP contribution >= 0.6 is 35.6 Å². The minimum atomic E-state index is 0. The Morgan fingerprint density at radius 1 is 1.27 bits per heavy atom. The molecule has 0 bridgehead atoms. The van der Waals surface area contributed by atoms with Crippen molar-refractivity contribution in [3.8, 4) is 11.5 Å². The van der Waals surface area contributed by atoms with Gasteiger partial charge in [0.05, 0.1) is 19.7 Å². The molecule has 2 aromatic carbocycles. The Hall–Kier alpha value is -1.67. The lowest BCUT2D eigenvalue weighted by molar-refractivity contribution is 0.373. The standard InChI is InChI=1S/C19H24ClN3O2.HI/c1-4-21-19(23-13(2)15-7-5-6-8-16(15)20)22-12-14-9-10-18(25-3)17(24)11-14;/h5-11,13,24H,4,12H2,1-3H3,(H2,21,22,23);1H. The number of nitrogens with one attached hydrogen (secondary N) is 2. The van der Waals surface area contributed by atoms with Crippen LogP contribution in [0.1, 0.15) is 31.0 Å². The van der Waals surface area contributed by atoms with E-state index in [0.29, 0.717) is 18.3 Å². The Labute approximate surface area is 176 Å². The third-order valence-electron chi connectivity index (χ3n) is 3.73. The van der Waals surface area contributed by atoms with Crippen LogP contribution in [0.15, 0.2) is 47.5 Å². The van der Waals surface area contributed by atoms with Gasteiger partial charge in [0.2, 0.25) is 0 Å². The molecule has 0 saturated heterocycles. The molecule has 1 unspecified atom stereocenters. The molecule has 1 atom stereocenters. The zero-order valence-corrected chi connectivity index (χ0v) is 18.2. The molecule has 0 aliphatic heterocycles. The Morgan fingerprint density at radius 3 is 2.62 bits per heavy atom. The third kappa shape index (κ3) is 6.25. The van der Waals surface area contributed by atoms with E-state index >= 15 is 0 Å². The summed E-state index contributed by atoms with van der Waals surface area (Å²) in [5.41, 5.74) is 1.90. The Morgan fingerprint density at radius 2 is 2.00 bits per heavy atom. The Kier molecular flexibility index (Phi) is 9.58. The van der Waals surface area contributed by atoms with E-state index in [1.54, 1.807) is 12.1 Å². The average molecular weight is 490 g/mol. The van der Waals surface area contributed by atoms with Crippen LogP contribution in [0.5, 0.6) is 11.5 Å². The molecule has 5 nitrogen and oxygen atoms in total. The highest BCUT2D eigenvalue weighted by molar-refractivity contribution is 14.0. The summed E-state index contributed by atoms with van der Waals surface area (Å²) in [4.78, 5) is 4.57. The number of aromatic hydroxyl groups is 1. The first-order chi connectivity index (χ1) is 12.0. The molecule has 0 fully saturated rings. The number of nitrogens with zero attached hydrogens (tertiary/aromatic N) is 1. The topological polar surface area (TPSA) is 65.9 Å². The van der Waals surface area contributed by atoms with Gasteiger partial charge in [-0.25, -0.2) is 4.99 Å². The number of rotatable bonds is 6. The van der Waals surface area contributed by atoms with E-state index in [9.17, 15) is 5.11 Å². The number of benzene rings is 2. The van der Waals surface area contributed by atoms with Gasteiger partial charge in [-0.2, -0.15) is 0 Å². The zero-order valence-electron chi connectivity index (χ0n) is 15.1. The maximum absolute atomic E-state index is 9.87. The molecule has 26 heavy (non-hydrogen) atoms. The summed E-state index contributed by atoms with van der Waals surface area (Å²) in [6, 6.07) is 13.0. The first-order valence-electron chi connectivity index (χ1n) is 8.20. The summed E-state index contributed by atoms with van der Waals surface area (Å²) < 4.78 is 5.05. The fraction of sp³-hybridized carbons (Fsp3) is 0.316. The van der Waals surface area contributed by atoms with Crippen LogP contribution < -0.4 is 15.4 Å². The average Bonchev–Trinajstić information content (AvgIpc) is 2.60. The molecule has 0 amide bonds. The van der Waals surface area contributed by atoms with Crippen molar-refractivity contribution in [2.45, 2.75) is 26.4 Å². The highest BCUT2D eigenvalue weighted by Crippen LogP contribution is 2.26. The van der Waals surface area contributed by atoms with Crippen molar-refractivity contribution in [1.29, 1.82) is 0 Å². The smallest absolute Gasteiger partial charge is 0.192 e. The maximum Gasteiger partial charge on any atom is 0.192 e. The summed E-state index contributed by atoms with van der Waals surface area (Å²) in [7, 11) is 1.52. The van der Waals surface area contributed by atoms with Gasteiger partial charge in [-0.15, -0.1) is 24.0 Å². The van der Waals surface area contributed by atoms with Crippen molar-refractivity contribution < 1.29 is 9.84 Å². The van der Waals surface area contributed by atoms with E-state index in [2.05, 4.69) is 15.6 Å². The molecule has 0 radical (unpaired) electrons. The van der Waals surface area contributed by atoms with Gasteiger partial charge in [0.15, 0.2) is 17.5 Å². The first-order valence-corrected chi connectivity index (χ1v) is 8.58. The second-order valence-corrected chi connectivity index (χ2v) is 6.00. The number of hydrogen-bond acceptors (Lipinski definition) is 3. The number of halogens is 2. The van der Waals surface area contributed by atoms with Crippen LogP contribution in [0.4, 0.5) is 0 Å². The van der Waals surface area contributed by atoms with Crippen LogP contribution in [0, 0.1) is 0 Å². The van der Waals surface area contributed by atoms with Gasteiger partial charge >= 0.3 is 0 Å². The first kappa shape index (κ1) is 22.4. The van der Waals surface area contributed by atoms with E-state index in [1.807, 2.05) is 44.2 Å². The maximum atomic E-state index is 9.87. The number of phenols is 1. The second kappa shape index (κ2) is 11.1. The zero-order chi connectivity index (χ0) is 18.2. The number of methoxy groups -OCH3 is 1. The molecule has 0 saturated carbocycles. The van der Waals surface area contributed by atoms with E-state index in [4.69, 9.17) is 16.3 Å². The highest BCUT2D eigenvalue weighted by atomic mass is 127. The van der Waals surface area contributed by atoms with Crippen molar-refractivity contribution in [1.82, 2.24) is 10.6 Å². The SMILES string of the molecule is CCNC(=NCc1ccc(OC)c(O)c1)NC(C)c1ccccc1Cl.I. The van der Waals surface area contributed by atoms with Gasteiger partial charge in [0, 0.05) is 11.6 Å². The Balaban J connectivity index is 0.00000338. The van der Waals surface area contributed by atoms with Gasteiger partial charge in [-0.1, -0.05) is 35.9 Å². The summed E-state index contributed by atoms with van der Waals surface area (Å²) in [6.45, 7) is 5.22. The monoisotopic (exact) mass is 489 g/mol. The molecule has 2 aromatic rings. The molecule has 2 rings (SSSR count). The number of hydrogen-bond donors (Lipinski definition) is 3. The van der Waals surface area contributed by atoms with Gasteiger partial charge in [-0.3, -0.25) is 0 Å². The molecule has 0 heterocycles. The van der Waals surface area contributed by atoms with Gasteiger partial charge in [-0.05, 0) is 43.2 Å². The van der Waals surface area contributed by atoms with Crippen LogP contribution in [0.25, 0.3) is 0 Å². The van der Waals surface area contributed by atoms with Crippen LogP contribution in [0.2, 0.25) is 5.02 Å². The third-order valence-corrected chi connectivity index (χ3v) is 4.08. The largest absolute Gasteiger partial charge is 0.504 e. The molecule has 142 valence electrons. The van der Waals surface area contributed by atoms with E-state index in [-0.39, 0.29) is 35.8 Å². The molecular weight excluding hydrogens is 465 g/mol. The lowest BCUT2D eigenvalue weighted by Gasteiger charge is -2.19. The van der Waals surface area contributed by atoms with Crippen molar-refractivity contribution in [3.63, 3.8) is 0 Å². The number of aliphatic imine (C=N–C) groups is 1. The predicted octanol–water partition coefficient (Wildman–Crippen LogP) is 4.49.